The van der Waals surface area contributed by atoms with E-state index in [4.69, 9.17) is 0 Å². The molecular weight excluding hydrogens is 232 g/mol. The summed E-state index contributed by atoms with van der Waals surface area (Å²) in [5, 5.41) is 2.32. The van der Waals surface area contributed by atoms with Crippen molar-refractivity contribution in [2.45, 2.75) is 39.0 Å². The molecule has 98 valence electrons. The maximum Gasteiger partial charge on any atom is 0.330 e. The van der Waals surface area contributed by atoms with E-state index in [1.54, 1.807) is 0 Å². The number of allylic oxidation sites excluding steroid dienone is 1. The molecule has 4 amide bonds. The second kappa shape index (κ2) is 4.92. The Labute approximate surface area is 106 Å². The molecule has 1 spiro atoms. The third-order valence-electron chi connectivity index (χ3n) is 3.77. The SMILES string of the molecule is C/C=C/CCN1C(=O)NC(=O)C2(CCCC2)C1=O. The van der Waals surface area contributed by atoms with Gasteiger partial charge in [0, 0.05) is 6.54 Å². The molecule has 1 saturated heterocycles. The van der Waals surface area contributed by atoms with Gasteiger partial charge in [-0.15, -0.1) is 0 Å². The molecule has 2 fully saturated rings. The lowest BCUT2D eigenvalue weighted by Gasteiger charge is -2.36. The summed E-state index contributed by atoms with van der Waals surface area (Å²) in [7, 11) is 0. The maximum absolute atomic E-state index is 12.4. The number of nitrogens with one attached hydrogen (secondary N) is 1. The van der Waals surface area contributed by atoms with Crippen LogP contribution in [0.15, 0.2) is 12.2 Å². The Balaban J connectivity index is 2.17. The first-order valence-electron chi connectivity index (χ1n) is 6.40. The molecular formula is C13H18N2O3. The van der Waals surface area contributed by atoms with Gasteiger partial charge < -0.3 is 0 Å². The van der Waals surface area contributed by atoms with Gasteiger partial charge in [0.05, 0.1) is 0 Å². The topological polar surface area (TPSA) is 66.5 Å². The van der Waals surface area contributed by atoms with Crippen LogP contribution < -0.4 is 5.32 Å². The van der Waals surface area contributed by atoms with Gasteiger partial charge in [0.1, 0.15) is 5.41 Å². The lowest BCUT2D eigenvalue weighted by atomic mass is 9.82. The number of hydrogen-bond acceptors (Lipinski definition) is 3. The van der Waals surface area contributed by atoms with Crippen LogP contribution in [-0.2, 0) is 9.59 Å². The van der Waals surface area contributed by atoms with Crippen molar-refractivity contribution in [2.24, 2.45) is 5.41 Å². The van der Waals surface area contributed by atoms with Crippen molar-refractivity contribution < 1.29 is 14.4 Å². The number of carbonyl (C=O) groups is 3. The second-order valence-electron chi connectivity index (χ2n) is 4.86. The predicted octanol–water partition coefficient (Wildman–Crippen LogP) is 1.59. The summed E-state index contributed by atoms with van der Waals surface area (Å²) >= 11 is 0. The highest BCUT2D eigenvalue weighted by Crippen LogP contribution is 2.41. The van der Waals surface area contributed by atoms with E-state index in [1.807, 2.05) is 19.1 Å². The van der Waals surface area contributed by atoms with Crippen molar-refractivity contribution in [2.75, 3.05) is 6.54 Å². The van der Waals surface area contributed by atoms with E-state index >= 15 is 0 Å². The van der Waals surface area contributed by atoms with E-state index in [-0.39, 0.29) is 5.91 Å². The first kappa shape index (κ1) is 12.8. The van der Waals surface area contributed by atoms with E-state index in [9.17, 15) is 14.4 Å². The zero-order valence-electron chi connectivity index (χ0n) is 10.6. The monoisotopic (exact) mass is 250 g/mol. The van der Waals surface area contributed by atoms with Crippen LogP contribution in [0.3, 0.4) is 0 Å². The number of rotatable bonds is 3. The zero-order chi connectivity index (χ0) is 13.2. The van der Waals surface area contributed by atoms with E-state index in [0.717, 1.165) is 12.8 Å². The average molecular weight is 250 g/mol. The lowest BCUT2D eigenvalue weighted by molar-refractivity contribution is -0.151. The van der Waals surface area contributed by atoms with E-state index in [2.05, 4.69) is 5.32 Å². The van der Waals surface area contributed by atoms with Gasteiger partial charge in [0.2, 0.25) is 11.8 Å². The fourth-order valence-corrected chi connectivity index (χ4v) is 2.72. The number of urea groups is 1. The van der Waals surface area contributed by atoms with Crippen LogP contribution in [0.4, 0.5) is 4.79 Å². The number of hydrogen-bond donors (Lipinski definition) is 1. The van der Waals surface area contributed by atoms with Crippen LogP contribution >= 0.6 is 0 Å². The highest BCUT2D eigenvalue weighted by Gasteiger charge is 2.54. The summed E-state index contributed by atoms with van der Waals surface area (Å²) < 4.78 is 0. The first-order valence-corrected chi connectivity index (χ1v) is 6.40. The summed E-state index contributed by atoms with van der Waals surface area (Å²) in [6.45, 7) is 2.23. The largest absolute Gasteiger partial charge is 0.330 e. The minimum atomic E-state index is -0.968. The molecule has 0 aromatic carbocycles. The number of nitrogens with zero attached hydrogens (tertiary/aromatic N) is 1. The van der Waals surface area contributed by atoms with E-state index in [0.29, 0.717) is 25.8 Å². The van der Waals surface area contributed by atoms with Crippen molar-refractivity contribution >= 4 is 17.8 Å². The van der Waals surface area contributed by atoms with Gasteiger partial charge in [-0.1, -0.05) is 25.0 Å². The maximum atomic E-state index is 12.4. The van der Waals surface area contributed by atoms with Gasteiger partial charge in [-0.3, -0.25) is 19.8 Å². The second-order valence-corrected chi connectivity index (χ2v) is 4.86. The molecule has 2 rings (SSSR count). The van der Waals surface area contributed by atoms with Crippen LogP contribution in [0.2, 0.25) is 0 Å². The van der Waals surface area contributed by atoms with Crippen molar-refractivity contribution in [3.8, 4) is 0 Å². The summed E-state index contributed by atoms with van der Waals surface area (Å²) in [6.07, 6.45) is 7.27. The Morgan fingerprint density at radius 2 is 1.94 bits per heavy atom. The molecule has 0 radical (unpaired) electrons. The molecule has 0 aromatic heterocycles. The van der Waals surface area contributed by atoms with Crippen LogP contribution in [0, 0.1) is 5.41 Å². The molecule has 1 aliphatic carbocycles. The number of imide groups is 2. The Morgan fingerprint density at radius 1 is 1.28 bits per heavy atom. The molecule has 0 bridgehead atoms. The zero-order valence-corrected chi connectivity index (χ0v) is 10.6. The summed E-state index contributed by atoms with van der Waals surface area (Å²) in [6, 6.07) is -0.577. The highest BCUT2D eigenvalue weighted by atomic mass is 16.2. The Bertz CT molecular complexity index is 408. The molecule has 1 saturated carbocycles. The molecule has 18 heavy (non-hydrogen) atoms. The number of amides is 4. The Morgan fingerprint density at radius 3 is 2.56 bits per heavy atom. The number of carbonyl (C=O) groups excluding carboxylic acids is 3. The molecule has 5 nitrogen and oxygen atoms in total. The summed E-state index contributed by atoms with van der Waals surface area (Å²) in [4.78, 5) is 37.2. The molecule has 2 aliphatic rings. The fraction of sp³-hybridized carbons (Fsp3) is 0.615. The Kier molecular flexibility index (Phi) is 3.50. The predicted molar refractivity (Wildman–Crippen MR) is 65.6 cm³/mol. The molecule has 1 N–H and O–H groups in total. The smallest absolute Gasteiger partial charge is 0.277 e. The third-order valence-corrected chi connectivity index (χ3v) is 3.77. The van der Waals surface area contributed by atoms with Crippen LogP contribution in [0.25, 0.3) is 0 Å². The van der Waals surface area contributed by atoms with Gasteiger partial charge in [0.25, 0.3) is 0 Å². The third kappa shape index (κ3) is 1.94. The Hall–Kier alpha value is -1.65. The molecule has 1 heterocycles. The molecule has 1 aliphatic heterocycles. The average Bonchev–Trinajstić information content (AvgIpc) is 2.82. The molecule has 0 atom stereocenters. The minimum absolute atomic E-state index is 0.307. The van der Waals surface area contributed by atoms with E-state index < -0.39 is 17.4 Å². The minimum Gasteiger partial charge on any atom is -0.277 e. The standard InChI is InChI=1S/C13H18N2O3/c1-2-3-6-9-15-11(17)13(7-4-5-8-13)10(16)14-12(15)18/h2-3H,4-9H2,1H3,(H,14,16,18)/b3-2+. The van der Waals surface area contributed by atoms with Crippen LogP contribution in [0.5, 0.6) is 0 Å². The first-order chi connectivity index (χ1) is 8.62. The van der Waals surface area contributed by atoms with Gasteiger partial charge >= 0.3 is 6.03 Å². The molecule has 5 heteroatoms. The van der Waals surface area contributed by atoms with Gasteiger partial charge in [-0.25, -0.2) is 4.79 Å². The quantitative estimate of drug-likeness (QED) is 0.611. The fourth-order valence-electron chi connectivity index (χ4n) is 2.72. The summed E-state index contributed by atoms with van der Waals surface area (Å²) in [5.41, 5.74) is -0.968. The molecule has 0 aromatic rings. The normalized spacial score (nSPS) is 23.2. The van der Waals surface area contributed by atoms with Crippen molar-refractivity contribution in [3.05, 3.63) is 12.2 Å². The lowest BCUT2D eigenvalue weighted by Crippen LogP contribution is -2.63. The highest BCUT2D eigenvalue weighted by molar-refractivity contribution is 6.19. The van der Waals surface area contributed by atoms with Crippen molar-refractivity contribution in [1.29, 1.82) is 0 Å². The van der Waals surface area contributed by atoms with Gasteiger partial charge in [-0.2, -0.15) is 0 Å². The van der Waals surface area contributed by atoms with Gasteiger partial charge in [0.15, 0.2) is 0 Å². The number of barbiturate groups is 1. The van der Waals surface area contributed by atoms with Crippen molar-refractivity contribution in [1.82, 2.24) is 10.2 Å². The summed E-state index contributed by atoms with van der Waals surface area (Å²) in [5.74, 6) is -0.712. The van der Waals surface area contributed by atoms with Crippen LogP contribution in [0.1, 0.15) is 39.0 Å². The van der Waals surface area contributed by atoms with Gasteiger partial charge in [-0.05, 0) is 26.2 Å². The molecule has 0 unspecified atom stereocenters. The van der Waals surface area contributed by atoms with Crippen LogP contribution in [-0.4, -0.2) is 29.3 Å². The van der Waals surface area contributed by atoms with Crippen molar-refractivity contribution in [3.63, 3.8) is 0 Å². The van der Waals surface area contributed by atoms with E-state index in [1.165, 1.54) is 4.90 Å².